The highest BCUT2D eigenvalue weighted by atomic mass is 16.6. The minimum atomic E-state index is -1.26. The van der Waals surface area contributed by atoms with Gasteiger partial charge >= 0.3 is 6.09 Å². The van der Waals surface area contributed by atoms with E-state index in [2.05, 4.69) is 17.2 Å². The monoisotopic (exact) mass is 507 g/mol. The first-order valence-electron chi connectivity index (χ1n) is 12.6. The minimum Gasteiger partial charge on any atom is -0.444 e. The lowest BCUT2D eigenvalue weighted by molar-refractivity contribution is -0.148. The summed E-state index contributed by atoms with van der Waals surface area (Å²) in [6, 6.07) is 14.4. The van der Waals surface area contributed by atoms with Gasteiger partial charge in [-0.05, 0) is 62.8 Å². The SMILES string of the molecule is C=Cc1cccc(C(C(=O)NCc2ccccc2)N(C(=O)C(CO)NC(=O)OC(C)(C)C)C2CCC2)c1. The number of benzene rings is 2. The topological polar surface area (TPSA) is 108 Å². The summed E-state index contributed by atoms with van der Waals surface area (Å²) in [7, 11) is 0. The molecule has 0 radical (unpaired) electrons. The molecule has 3 amide bonds. The Labute approximate surface area is 218 Å². The maximum absolute atomic E-state index is 13.9. The zero-order valence-electron chi connectivity index (χ0n) is 21.8. The highest BCUT2D eigenvalue weighted by molar-refractivity contribution is 5.92. The third kappa shape index (κ3) is 7.67. The molecule has 1 aliphatic carbocycles. The van der Waals surface area contributed by atoms with Gasteiger partial charge in [0.25, 0.3) is 0 Å². The number of ether oxygens (including phenoxy) is 1. The van der Waals surface area contributed by atoms with Crippen molar-refractivity contribution >= 4 is 24.0 Å². The van der Waals surface area contributed by atoms with Crippen LogP contribution in [0.3, 0.4) is 0 Å². The van der Waals surface area contributed by atoms with Gasteiger partial charge in [0.1, 0.15) is 17.7 Å². The molecule has 2 unspecified atom stereocenters. The number of rotatable bonds is 10. The van der Waals surface area contributed by atoms with Gasteiger partial charge in [-0.1, -0.05) is 61.2 Å². The lowest BCUT2D eigenvalue weighted by Gasteiger charge is -2.43. The molecular formula is C29H37N3O5. The van der Waals surface area contributed by atoms with Crippen molar-refractivity contribution in [3.63, 3.8) is 0 Å². The van der Waals surface area contributed by atoms with Gasteiger partial charge in [0, 0.05) is 12.6 Å². The van der Waals surface area contributed by atoms with Crippen LogP contribution < -0.4 is 10.6 Å². The predicted octanol–water partition coefficient (Wildman–Crippen LogP) is 3.95. The molecule has 2 aromatic carbocycles. The first-order chi connectivity index (χ1) is 17.6. The highest BCUT2D eigenvalue weighted by Crippen LogP contribution is 2.34. The quantitative estimate of drug-likeness (QED) is 0.451. The van der Waals surface area contributed by atoms with Gasteiger partial charge < -0.3 is 25.4 Å². The molecule has 0 aromatic heterocycles. The molecule has 2 atom stereocenters. The molecule has 8 nitrogen and oxygen atoms in total. The Morgan fingerprint density at radius 2 is 1.84 bits per heavy atom. The Bertz CT molecular complexity index is 1090. The molecule has 1 saturated carbocycles. The molecule has 0 aliphatic heterocycles. The van der Waals surface area contributed by atoms with Crippen molar-refractivity contribution in [1.82, 2.24) is 15.5 Å². The van der Waals surface area contributed by atoms with E-state index in [4.69, 9.17) is 4.74 Å². The summed E-state index contributed by atoms with van der Waals surface area (Å²) in [5, 5.41) is 15.5. The van der Waals surface area contributed by atoms with Gasteiger partial charge in [-0.2, -0.15) is 0 Å². The number of hydrogen-bond acceptors (Lipinski definition) is 5. The third-order valence-corrected chi connectivity index (χ3v) is 6.19. The summed E-state index contributed by atoms with van der Waals surface area (Å²) in [4.78, 5) is 41.5. The third-order valence-electron chi connectivity index (χ3n) is 6.19. The fourth-order valence-corrected chi connectivity index (χ4v) is 4.17. The molecule has 1 fully saturated rings. The average molecular weight is 508 g/mol. The lowest BCUT2D eigenvalue weighted by Crippen LogP contribution is -2.58. The molecule has 198 valence electrons. The molecule has 0 spiro atoms. The van der Waals surface area contributed by atoms with E-state index >= 15 is 0 Å². The largest absolute Gasteiger partial charge is 0.444 e. The van der Waals surface area contributed by atoms with Gasteiger partial charge in [0.2, 0.25) is 11.8 Å². The van der Waals surface area contributed by atoms with Gasteiger partial charge in [-0.15, -0.1) is 0 Å². The Kier molecular flexibility index (Phi) is 9.47. The summed E-state index contributed by atoms with van der Waals surface area (Å²) < 4.78 is 5.29. The van der Waals surface area contributed by atoms with Crippen molar-refractivity contribution in [3.05, 3.63) is 77.9 Å². The summed E-state index contributed by atoms with van der Waals surface area (Å²) in [6.07, 6.45) is 3.23. The van der Waals surface area contributed by atoms with Crippen molar-refractivity contribution in [1.29, 1.82) is 0 Å². The van der Waals surface area contributed by atoms with Crippen LogP contribution in [0.4, 0.5) is 4.79 Å². The van der Waals surface area contributed by atoms with E-state index in [1.807, 2.05) is 48.5 Å². The van der Waals surface area contributed by atoms with Crippen LogP contribution in [0, 0.1) is 0 Å². The maximum Gasteiger partial charge on any atom is 0.408 e. The smallest absolute Gasteiger partial charge is 0.408 e. The Hall–Kier alpha value is -3.65. The van der Waals surface area contributed by atoms with Crippen LogP contribution in [-0.4, -0.2) is 52.2 Å². The molecule has 8 heteroatoms. The number of amides is 3. The van der Waals surface area contributed by atoms with E-state index in [1.54, 1.807) is 32.9 Å². The number of nitrogens with zero attached hydrogens (tertiary/aromatic N) is 1. The van der Waals surface area contributed by atoms with Crippen LogP contribution in [0.15, 0.2) is 61.2 Å². The van der Waals surface area contributed by atoms with Gasteiger partial charge in [0.05, 0.1) is 6.61 Å². The summed E-state index contributed by atoms with van der Waals surface area (Å²) in [5.41, 5.74) is 1.59. The zero-order valence-corrected chi connectivity index (χ0v) is 21.8. The van der Waals surface area contributed by atoms with Crippen molar-refractivity contribution in [3.8, 4) is 0 Å². The first kappa shape index (κ1) is 27.9. The first-order valence-corrected chi connectivity index (χ1v) is 12.6. The number of hydrogen-bond donors (Lipinski definition) is 3. The normalized spacial score (nSPS) is 15.0. The van der Waals surface area contributed by atoms with Crippen molar-refractivity contribution < 1.29 is 24.2 Å². The van der Waals surface area contributed by atoms with Crippen molar-refractivity contribution in [2.75, 3.05) is 6.61 Å². The van der Waals surface area contributed by atoms with E-state index in [9.17, 15) is 19.5 Å². The number of nitrogens with one attached hydrogen (secondary N) is 2. The second kappa shape index (κ2) is 12.5. The number of aliphatic hydroxyl groups excluding tert-OH is 1. The van der Waals surface area contributed by atoms with E-state index in [0.717, 1.165) is 30.4 Å². The molecule has 37 heavy (non-hydrogen) atoms. The Balaban J connectivity index is 1.94. The van der Waals surface area contributed by atoms with E-state index in [0.29, 0.717) is 12.1 Å². The molecule has 2 aromatic rings. The lowest BCUT2D eigenvalue weighted by atomic mass is 9.88. The van der Waals surface area contributed by atoms with Gasteiger partial charge in [-0.25, -0.2) is 4.79 Å². The van der Waals surface area contributed by atoms with Gasteiger partial charge in [0.15, 0.2) is 0 Å². The van der Waals surface area contributed by atoms with Crippen LogP contribution >= 0.6 is 0 Å². The second-order valence-electron chi connectivity index (χ2n) is 10.2. The van der Waals surface area contributed by atoms with E-state index in [1.165, 1.54) is 4.90 Å². The summed E-state index contributed by atoms with van der Waals surface area (Å²) >= 11 is 0. The molecule has 0 saturated heterocycles. The Morgan fingerprint density at radius 3 is 2.41 bits per heavy atom. The predicted molar refractivity (Wildman–Crippen MR) is 142 cm³/mol. The number of carbonyl (C=O) groups excluding carboxylic acids is 3. The van der Waals surface area contributed by atoms with E-state index in [-0.39, 0.29) is 11.9 Å². The zero-order chi connectivity index (χ0) is 27.0. The molecule has 0 heterocycles. The van der Waals surface area contributed by atoms with Crippen LogP contribution in [-0.2, 0) is 20.9 Å². The van der Waals surface area contributed by atoms with Crippen LogP contribution in [0.1, 0.15) is 62.8 Å². The molecule has 1 aliphatic rings. The fourth-order valence-electron chi connectivity index (χ4n) is 4.17. The maximum atomic E-state index is 13.9. The number of aliphatic hydroxyl groups is 1. The highest BCUT2D eigenvalue weighted by Gasteiger charge is 2.41. The second-order valence-corrected chi connectivity index (χ2v) is 10.2. The number of carbonyl (C=O) groups is 3. The van der Waals surface area contributed by atoms with Crippen molar-refractivity contribution in [2.45, 2.75) is 70.3 Å². The van der Waals surface area contributed by atoms with E-state index < -0.39 is 36.3 Å². The molecule has 3 N–H and O–H groups in total. The van der Waals surface area contributed by atoms with Crippen LogP contribution in [0.2, 0.25) is 0 Å². The molecule has 0 bridgehead atoms. The fraction of sp³-hybridized carbons (Fsp3) is 0.414. The van der Waals surface area contributed by atoms with Crippen LogP contribution in [0.5, 0.6) is 0 Å². The Morgan fingerprint density at radius 1 is 1.14 bits per heavy atom. The standard InChI is InChI=1S/C29H37N3O5/c1-5-20-13-9-14-22(17-20)25(26(34)30-18-21-11-7-6-8-12-21)32(23-15-10-16-23)27(35)24(19-33)31-28(36)37-29(2,3)4/h5-9,11-14,17,23-25,33H,1,10,15-16,18-19H2,2-4H3,(H,30,34)(H,31,36). The van der Waals surface area contributed by atoms with Crippen molar-refractivity contribution in [2.24, 2.45) is 0 Å². The average Bonchev–Trinajstić information content (AvgIpc) is 2.83. The molecular weight excluding hydrogens is 470 g/mol. The van der Waals surface area contributed by atoms with Crippen LogP contribution in [0.25, 0.3) is 6.08 Å². The number of alkyl carbamates (subject to hydrolysis) is 1. The van der Waals surface area contributed by atoms with Gasteiger partial charge in [-0.3, -0.25) is 9.59 Å². The minimum absolute atomic E-state index is 0.207. The molecule has 3 rings (SSSR count). The summed E-state index contributed by atoms with van der Waals surface area (Å²) in [6.45, 7) is 8.62. The summed E-state index contributed by atoms with van der Waals surface area (Å²) in [5.74, 6) is -0.888.